The Morgan fingerprint density at radius 2 is 1.89 bits per heavy atom. The second kappa shape index (κ2) is 4.82. The van der Waals surface area contributed by atoms with Gasteiger partial charge < -0.3 is 10.2 Å². The van der Waals surface area contributed by atoms with Crippen LogP contribution in [0.25, 0.3) is 5.76 Å². The summed E-state index contributed by atoms with van der Waals surface area (Å²) < 4.78 is 0. The molecule has 0 aliphatic heterocycles. The highest BCUT2D eigenvalue weighted by molar-refractivity contribution is 6.09. The lowest BCUT2D eigenvalue weighted by atomic mass is 9.84. The van der Waals surface area contributed by atoms with Crippen molar-refractivity contribution in [2.24, 2.45) is 0 Å². The van der Waals surface area contributed by atoms with Crippen molar-refractivity contribution in [2.45, 2.75) is 18.9 Å². The zero-order valence-corrected chi connectivity index (χ0v) is 10.5. The Bertz CT molecular complexity index is 583. The summed E-state index contributed by atoms with van der Waals surface area (Å²) >= 11 is 0. The SMILES string of the molecule is CC(=O)C1(O)C=CC(=C(O)c2ccccc2)C(=O)C1. The van der Waals surface area contributed by atoms with E-state index in [9.17, 15) is 19.8 Å². The van der Waals surface area contributed by atoms with Gasteiger partial charge in [0.1, 0.15) is 11.4 Å². The summed E-state index contributed by atoms with van der Waals surface area (Å²) in [4.78, 5) is 23.2. The van der Waals surface area contributed by atoms with Gasteiger partial charge in [0.25, 0.3) is 0 Å². The van der Waals surface area contributed by atoms with Gasteiger partial charge in [0.2, 0.25) is 0 Å². The van der Waals surface area contributed by atoms with E-state index in [1.807, 2.05) is 0 Å². The number of benzene rings is 1. The van der Waals surface area contributed by atoms with E-state index in [1.165, 1.54) is 19.1 Å². The van der Waals surface area contributed by atoms with Gasteiger partial charge in [-0.2, -0.15) is 0 Å². The molecule has 2 N–H and O–H groups in total. The Morgan fingerprint density at radius 1 is 1.26 bits per heavy atom. The first-order chi connectivity index (χ1) is 8.94. The van der Waals surface area contributed by atoms with E-state index in [4.69, 9.17) is 0 Å². The number of ketones is 2. The average Bonchev–Trinajstić information content (AvgIpc) is 2.39. The molecule has 0 saturated carbocycles. The van der Waals surface area contributed by atoms with Gasteiger partial charge in [0.15, 0.2) is 11.6 Å². The molecule has 1 aliphatic rings. The van der Waals surface area contributed by atoms with Gasteiger partial charge in [-0.15, -0.1) is 0 Å². The molecule has 0 heterocycles. The van der Waals surface area contributed by atoms with Crippen molar-refractivity contribution in [2.75, 3.05) is 0 Å². The second-order valence-corrected chi connectivity index (χ2v) is 4.54. The van der Waals surface area contributed by atoms with Crippen molar-refractivity contribution >= 4 is 17.3 Å². The number of aliphatic hydroxyl groups is 2. The number of aliphatic hydroxyl groups excluding tert-OH is 1. The zero-order chi connectivity index (χ0) is 14.0. The number of carbonyl (C=O) groups is 2. The van der Waals surface area contributed by atoms with E-state index < -0.39 is 17.2 Å². The molecule has 0 bridgehead atoms. The Kier molecular flexibility index (Phi) is 3.36. The van der Waals surface area contributed by atoms with Crippen LogP contribution in [0.5, 0.6) is 0 Å². The summed E-state index contributed by atoms with van der Waals surface area (Å²) in [6.45, 7) is 1.23. The van der Waals surface area contributed by atoms with Gasteiger partial charge >= 0.3 is 0 Å². The number of Topliss-reactive ketones (excluding diaryl/α,β-unsaturated/α-hetero) is 2. The Morgan fingerprint density at radius 3 is 2.42 bits per heavy atom. The molecule has 2 rings (SSSR count). The molecule has 0 aromatic heterocycles. The van der Waals surface area contributed by atoms with Crippen molar-refractivity contribution < 1.29 is 19.8 Å². The third kappa shape index (κ3) is 2.48. The lowest BCUT2D eigenvalue weighted by Crippen LogP contribution is -2.39. The predicted molar refractivity (Wildman–Crippen MR) is 70.4 cm³/mol. The first kappa shape index (κ1) is 13.2. The van der Waals surface area contributed by atoms with Crippen LogP contribution in [-0.2, 0) is 9.59 Å². The Hall–Kier alpha value is -2.20. The lowest BCUT2D eigenvalue weighted by Gasteiger charge is -2.24. The molecule has 1 atom stereocenters. The van der Waals surface area contributed by atoms with Crippen LogP contribution in [0, 0.1) is 0 Å². The summed E-state index contributed by atoms with van der Waals surface area (Å²) in [5.74, 6) is -1.09. The maximum Gasteiger partial charge on any atom is 0.170 e. The van der Waals surface area contributed by atoms with Gasteiger partial charge in [-0.3, -0.25) is 9.59 Å². The first-order valence-electron chi connectivity index (χ1n) is 5.88. The molecule has 0 spiro atoms. The quantitative estimate of drug-likeness (QED) is 0.626. The van der Waals surface area contributed by atoms with Gasteiger partial charge in [-0.05, 0) is 19.1 Å². The van der Waals surface area contributed by atoms with Crippen molar-refractivity contribution in [3.63, 3.8) is 0 Å². The zero-order valence-electron chi connectivity index (χ0n) is 10.5. The van der Waals surface area contributed by atoms with Crippen molar-refractivity contribution in [3.8, 4) is 0 Å². The van der Waals surface area contributed by atoms with Crippen molar-refractivity contribution in [1.29, 1.82) is 0 Å². The van der Waals surface area contributed by atoms with Gasteiger partial charge in [0, 0.05) is 5.56 Å². The van der Waals surface area contributed by atoms with E-state index in [0.29, 0.717) is 5.56 Å². The van der Waals surface area contributed by atoms with E-state index in [1.54, 1.807) is 30.3 Å². The molecular weight excluding hydrogens is 244 g/mol. The third-order valence-electron chi connectivity index (χ3n) is 3.17. The maximum absolute atomic E-state index is 11.9. The molecule has 0 saturated heterocycles. The van der Waals surface area contributed by atoms with Crippen LogP contribution in [0.3, 0.4) is 0 Å². The van der Waals surface area contributed by atoms with Gasteiger partial charge in [-0.1, -0.05) is 30.3 Å². The third-order valence-corrected chi connectivity index (χ3v) is 3.17. The summed E-state index contributed by atoms with van der Waals surface area (Å²) in [5.41, 5.74) is -1.13. The normalized spacial score (nSPS) is 25.3. The molecule has 0 fully saturated rings. The first-order valence-corrected chi connectivity index (χ1v) is 5.88. The minimum absolute atomic E-state index is 0.108. The molecule has 4 nitrogen and oxygen atoms in total. The van der Waals surface area contributed by atoms with Crippen LogP contribution in [-0.4, -0.2) is 27.4 Å². The average molecular weight is 258 g/mol. The lowest BCUT2D eigenvalue weighted by molar-refractivity contribution is -0.135. The van der Waals surface area contributed by atoms with Crippen LogP contribution in [0.2, 0.25) is 0 Å². The minimum atomic E-state index is -1.75. The number of carbonyl (C=O) groups excluding carboxylic acids is 2. The van der Waals surface area contributed by atoms with Crippen molar-refractivity contribution in [3.05, 3.63) is 53.6 Å². The van der Waals surface area contributed by atoms with Crippen LogP contribution in [0.15, 0.2) is 48.1 Å². The fourth-order valence-electron chi connectivity index (χ4n) is 1.92. The van der Waals surface area contributed by atoms with Crippen LogP contribution in [0.1, 0.15) is 18.9 Å². The summed E-state index contributed by atoms with van der Waals surface area (Å²) in [6, 6.07) is 8.64. The highest BCUT2D eigenvalue weighted by Crippen LogP contribution is 2.27. The van der Waals surface area contributed by atoms with Crippen LogP contribution < -0.4 is 0 Å². The number of allylic oxidation sites excluding steroid dienone is 2. The number of hydrogen-bond acceptors (Lipinski definition) is 4. The molecule has 1 aromatic rings. The second-order valence-electron chi connectivity index (χ2n) is 4.54. The molecular formula is C15H14O4. The fraction of sp³-hybridized carbons (Fsp3) is 0.200. The molecule has 0 radical (unpaired) electrons. The molecule has 19 heavy (non-hydrogen) atoms. The van der Waals surface area contributed by atoms with Crippen LogP contribution >= 0.6 is 0 Å². The van der Waals surface area contributed by atoms with Crippen molar-refractivity contribution in [1.82, 2.24) is 0 Å². The maximum atomic E-state index is 11.9. The monoisotopic (exact) mass is 258 g/mol. The predicted octanol–water partition coefficient (Wildman–Crippen LogP) is 1.80. The molecule has 0 amide bonds. The summed E-state index contributed by atoms with van der Waals surface area (Å²) in [6.07, 6.45) is 2.21. The van der Waals surface area contributed by atoms with E-state index in [2.05, 4.69) is 0 Å². The fourth-order valence-corrected chi connectivity index (χ4v) is 1.92. The highest BCUT2D eigenvalue weighted by atomic mass is 16.3. The van der Waals surface area contributed by atoms with Crippen LogP contribution in [0.4, 0.5) is 0 Å². The van der Waals surface area contributed by atoms with Gasteiger partial charge in [-0.25, -0.2) is 0 Å². The number of rotatable bonds is 2. The standard InChI is InChI=1S/C15H14O4/c1-10(16)15(19)8-7-12(13(17)9-15)14(18)11-5-3-2-4-6-11/h2-8,18-19H,9H2,1H3. The molecule has 1 aromatic carbocycles. The van der Waals surface area contributed by atoms with E-state index >= 15 is 0 Å². The molecule has 1 aliphatic carbocycles. The smallest absolute Gasteiger partial charge is 0.170 e. The van der Waals surface area contributed by atoms with E-state index in [0.717, 1.165) is 0 Å². The van der Waals surface area contributed by atoms with Gasteiger partial charge in [0.05, 0.1) is 12.0 Å². The Labute approximate surface area is 110 Å². The summed E-state index contributed by atoms with van der Waals surface area (Å²) in [7, 11) is 0. The molecule has 98 valence electrons. The molecule has 4 heteroatoms. The van der Waals surface area contributed by atoms with E-state index in [-0.39, 0.29) is 17.8 Å². The highest BCUT2D eigenvalue weighted by Gasteiger charge is 2.37. The topological polar surface area (TPSA) is 74.6 Å². The number of hydrogen-bond donors (Lipinski definition) is 2. The Balaban J connectivity index is 2.43. The molecule has 1 unspecified atom stereocenters. The largest absolute Gasteiger partial charge is 0.507 e. The summed E-state index contributed by atoms with van der Waals surface area (Å²) in [5, 5.41) is 20.0. The minimum Gasteiger partial charge on any atom is -0.507 e.